The zero-order chi connectivity index (χ0) is 27.9. The van der Waals surface area contributed by atoms with Crippen molar-refractivity contribution in [3.05, 3.63) is 64.7 Å². The monoisotopic (exact) mass is 541 g/mol. The van der Waals surface area contributed by atoms with Crippen molar-refractivity contribution >= 4 is 12.0 Å². The lowest BCUT2D eigenvalue weighted by atomic mass is 9.80. The van der Waals surface area contributed by atoms with Crippen LogP contribution in [0.4, 0.5) is 8.78 Å². The number of benzene rings is 2. The molecule has 1 amide bonds. The van der Waals surface area contributed by atoms with Crippen LogP contribution in [-0.4, -0.2) is 56.2 Å². The summed E-state index contributed by atoms with van der Waals surface area (Å²) < 4.78 is 38.8. The number of methoxy groups -OCH3 is 2. The molecule has 2 fully saturated rings. The number of amides is 1. The van der Waals surface area contributed by atoms with Crippen molar-refractivity contribution < 1.29 is 23.0 Å². The molecule has 1 saturated carbocycles. The maximum Gasteiger partial charge on any atom is 0.254 e. The highest BCUT2D eigenvalue weighted by Crippen LogP contribution is 2.33. The van der Waals surface area contributed by atoms with E-state index in [0.29, 0.717) is 35.1 Å². The van der Waals surface area contributed by atoms with Gasteiger partial charge in [-0.15, -0.1) is 0 Å². The second-order valence-corrected chi connectivity index (χ2v) is 10.9. The Morgan fingerprint density at radius 2 is 1.82 bits per heavy atom. The fourth-order valence-electron chi connectivity index (χ4n) is 5.99. The minimum Gasteiger partial charge on any atom is -0.493 e. The van der Waals surface area contributed by atoms with Gasteiger partial charge in [0.2, 0.25) is 0 Å². The number of hydrogen-bond donors (Lipinski definition) is 2. The third-order valence-corrected chi connectivity index (χ3v) is 8.10. The van der Waals surface area contributed by atoms with Crippen molar-refractivity contribution in [2.24, 2.45) is 11.7 Å². The predicted octanol–water partition coefficient (Wildman–Crippen LogP) is 5.56. The van der Waals surface area contributed by atoms with Gasteiger partial charge in [-0.2, -0.15) is 0 Å². The van der Waals surface area contributed by atoms with Crippen molar-refractivity contribution in [2.75, 3.05) is 27.3 Å². The van der Waals surface area contributed by atoms with E-state index in [9.17, 15) is 13.6 Å². The number of halogens is 2. The van der Waals surface area contributed by atoms with Gasteiger partial charge in [-0.25, -0.2) is 8.78 Å². The lowest BCUT2D eigenvalue weighted by Gasteiger charge is -2.39. The first-order valence-corrected chi connectivity index (χ1v) is 13.9. The summed E-state index contributed by atoms with van der Waals surface area (Å²) in [5.74, 6) is 0.162. The standard InChI is InChI=1S/C31H41F2N3O3/c1-20(15-22-8-10-24(32)18-26(22)33)19-36(31(37)23-9-13-29(38-2)30(17-23)39-3)28(27-5-4-14-35-27)16-21-6-11-25(34)12-7-21/h8-10,13,15,17-18,21,25,27-28,35H,4-7,11-12,14,16,19,34H2,1-3H3/b20-15+/t21?,25?,27-,28?/m0/s1. The van der Waals surface area contributed by atoms with E-state index in [1.807, 2.05) is 11.8 Å². The van der Waals surface area contributed by atoms with Crippen molar-refractivity contribution in [1.29, 1.82) is 0 Å². The van der Waals surface area contributed by atoms with E-state index in [2.05, 4.69) is 5.32 Å². The third kappa shape index (κ3) is 7.37. The Morgan fingerprint density at radius 3 is 2.46 bits per heavy atom. The highest BCUT2D eigenvalue weighted by atomic mass is 19.1. The summed E-state index contributed by atoms with van der Waals surface area (Å²) in [6, 6.07) is 9.14. The number of nitrogens with one attached hydrogen (secondary N) is 1. The van der Waals surface area contributed by atoms with Gasteiger partial charge in [0.05, 0.1) is 14.2 Å². The quantitative estimate of drug-likeness (QED) is 0.412. The molecule has 0 bridgehead atoms. The highest BCUT2D eigenvalue weighted by Gasteiger charge is 2.36. The summed E-state index contributed by atoms with van der Waals surface area (Å²) in [6.45, 7) is 3.13. The molecule has 2 aromatic carbocycles. The predicted molar refractivity (Wildman–Crippen MR) is 150 cm³/mol. The number of carbonyl (C=O) groups is 1. The Morgan fingerprint density at radius 1 is 1.08 bits per heavy atom. The van der Waals surface area contributed by atoms with Crippen molar-refractivity contribution in [1.82, 2.24) is 10.2 Å². The zero-order valence-electron chi connectivity index (χ0n) is 23.2. The summed E-state index contributed by atoms with van der Waals surface area (Å²) in [6.07, 6.45) is 8.73. The van der Waals surface area contributed by atoms with E-state index in [1.54, 1.807) is 38.5 Å². The van der Waals surface area contributed by atoms with Gasteiger partial charge in [0, 0.05) is 41.9 Å². The SMILES string of the molecule is COc1ccc(C(=O)N(C/C(C)=C/c2ccc(F)cc2F)C(CC2CCC(N)CC2)[C@@H]2CCCN2)cc1OC. The minimum absolute atomic E-state index is 0.0474. The largest absolute Gasteiger partial charge is 0.493 e. The number of carbonyl (C=O) groups excluding carboxylic acids is 1. The van der Waals surface area contributed by atoms with Crippen molar-refractivity contribution in [3.63, 3.8) is 0 Å². The minimum atomic E-state index is -0.625. The lowest BCUT2D eigenvalue weighted by Crippen LogP contribution is -2.52. The van der Waals surface area contributed by atoms with Gasteiger partial charge in [-0.1, -0.05) is 11.6 Å². The average Bonchev–Trinajstić information content (AvgIpc) is 3.47. The molecule has 2 aliphatic rings. The number of nitrogens with two attached hydrogens (primary N) is 1. The lowest BCUT2D eigenvalue weighted by molar-refractivity contribution is 0.0615. The summed E-state index contributed by atoms with van der Waals surface area (Å²) >= 11 is 0. The van der Waals surface area contributed by atoms with Crippen molar-refractivity contribution in [3.8, 4) is 11.5 Å². The van der Waals surface area contributed by atoms with E-state index >= 15 is 0 Å². The number of ether oxygens (including phenoxy) is 2. The maximum atomic E-state index is 14.5. The zero-order valence-corrected chi connectivity index (χ0v) is 23.2. The van der Waals surface area contributed by atoms with Gasteiger partial charge < -0.3 is 25.4 Å². The number of hydrogen-bond acceptors (Lipinski definition) is 5. The van der Waals surface area contributed by atoms with Crippen LogP contribution < -0.4 is 20.5 Å². The molecule has 6 nitrogen and oxygen atoms in total. The van der Waals surface area contributed by atoms with Crippen LogP contribution in [0.15, 0.2) is 42.0 Å². The van der Waals surface area contributed by atoms with Crippen LogP contribution in [-0.2, 0) is 0 Å². The Bertz CT molecular complexity index is 1160. The fourth-order valence-corrected chi connectivity index (χ4v) is 5.99. The Hall–Kier alpha value is -2.97. The molecule has 0 radical (unpaired) electrons. The molecule has 3 N–H and O–H groups in total. The van der Waals surface area contributed by atoms with E-state index < -0.39 is 11.6 Å². The van der Waals surface area contributed by atoms with Gasteiger partial charge in [0.1, 0.15) is 11.6 Å². The number of nitrogens with zero attached hydrogens (tertiary/aromatic N) is 1. The molecule has 8 heteroatoms. The van der Waals surface area contributed by atoms with Gasteiger partial charge in [-0.3, -0.25) is 4.79 Å². The molecule has 2 atom stereocenters. The van der Waals surface area contributed by atoms with Crippen LogP contribution in [0.1, 0.15) is 67.8 Å². The van der Waals surface area contributed by atoms with Crippen LogP contribution in [0.3, 0.4) is 0 Å². The Labute approximate surface area is 230 Å². The van der Waals surface area contributed by atoms with Gasteiger partial charge in [0.25, 0.3) is 5.91 Å². The van der Waals surface area contributed by atoms with Crippen molar-refractivity contribution in [2.45, 2.75) is 70.0 Å². The molecule has 2 aromatic rings. The number of rotatable bonds is 10. The van der Waals surface area contributed by atoms with E-state index in [4.69, 9.17) is 15.2 Å². The second kappa shape index (κ2) is 13.4. The maximum absolute atomic E-state index is 14.5. The van der Waals surface area contributed by atoms with Crippen LogP contribution in [0.25, 0.3) is 6.08 Å². The van der Waals surface area contributed by atoms with Gasteiger partial charge in [-0.05, 0) is 94.7 Å². The van der Waals surface area contributed by atoms with E-state index in [0.717, 1.165) is 63.1 Å². The molecule has 1 aliphatic heterocycles. The first kappa shape index (κ1) is 29.0. The molecule has 212 valence electrons. The summed E-state index contributed by atoms with van der Waals surface area (Å²) in [7, 11) is 3.11. The first-order chi connectivity index (χ1) is 18.8. The second-order valence-electron chi connectivity index (χ2n) is 10.9. The Kier molecular flexibility index (Phi) is 9.97. The molecule has 1 heterocycles. The summed E-state index contributed by atoms with van der Waals surface area (Å²) in [4.78, 5) is 16.2. The third-order valence-electron chi connectivity index (χ3n) is 8.10. The molecule has 39 heavy (non-hydrogen) atoms. The summed E-state index contributed by atoms with van der Waals surface area (Å²) in [5, 5.41) is 3.64. The molecule has 1 aliphatic carbocycles. The summed E-state index contributed by atoms with van der Waals surface area (Å²) in [5.41, 5.74) is 7.79. The van der Waals surface area contributed by atoms with Gasteiger partial charge >= 0.3 is 0 Å². The van der Waals surface area contributed by atoms with Crippen LogP contribution in [0, 0.1) is 17.6 Å². The topological polar surface area (TPSA) is 76.8 Å². The molecular weight excluding hydrogens is 500 g/mol. The molecule has 1 saturated heterocycles. The first-order valence-electron chi connectivity index (χ1n) is 13.9. The smallest absolute Gasteiger partial charge is 0.254 e. The average molecular weight is 542 g/mol. The van der Waals surface area contributed by atoms with Crippen LogP contribution >= 0.6 is 0 Å². The highest BCUT2D eigenvalue weighted by molar-refractivity contribution is 5.95. The molecule has 0 aromatic heterocycles. The molecule has 4 rings (SSSR count). The van der Waals surface area contributed by atoms with Gasteiger partial charge in [0.15, 0.2) is 11.5 Å². The van der Waals surface area contributed by atoms with E-state index in [-0.39, 0.29) is 24.0 Å². The van der Waals surface area contributed by atoms with Crippen LogP contribution in [0.2, 0.25) is 0 Å². The fraction of sp³-hybridized carbons (Fsp3) is 0.516. The normalized spacial score (nSPS) is 22.4. The van der Waals surface area contributed by atoms with Crippen LogP contribution in [0.5, 0.6) is 11.5 Å². The van der Waals surface area contributed by atoms with E-state index in [1.165, 1.54) is 12.1 Å². The molecule has 0 spiro atoms. The Balaban J connectivity index is 1.69. The molecule has 1 unspecified atom stereocenters. The molecular formula is C31H41F2N3O3.